The minimum absolute atomic E-state index is 0.719. The molecule has 2 heterocycles. The summed E-state index contributed by atoms with van der Waals surface area (Å²) in [6.07, 6.45) is 2.12. The fourth-order valence-corrected chi connectivity index (χ4v) is 3.07. The molecule has 1 saturated heterocycles. The highest BCUT2D eigenvalue weighted by Crippen LogP contribution is 2.28. The Morgan fingerprint density at radius 3 is 2.72 bits per heavy atom. The van der Waals surface area contributed by atoms with Crippen molar-refractivity contribution in [3.8, 4) is 0 Å². The van der Waals surface area contributed by atoms with E-state index >= 15 is 0 Å². The van der Waals surface area contributed by atoms with Crippen molar-refractivity contribution in [3.05, 3.63) is 39.6 Å². The summed E-state index contributed by atoms with van der Waals surface area (Å²) in [7, 11) is 0. The maximum atomic E-state index is 7.66. The smallest absolute Gasteiger partial charge is 0.136 e. The molecule has 1 aromatic heterocycles. The van der Waals surface area contributed by atoms with Crippen LogP contribution in [0.3, 0.4) is 0 Å². The zero-order valence-corrected chi connectivity index (χ0v) is 16.1. The van der Waals surface area contributed by atoms with E-state index in [1.54, 1.807) is 0 Å². The Bertz CT molecular complexity index is 774. The second kappa shape index (κ2) is 7.93. The van der Waals surface area contributed by atoms with E-state index in [2.05, 4.69) is 36.1 Å². The average Bonchev–Trinajstić information content (AvgIpc) is 2.65. The maximum absolute atomic E-state index is 7.66. The third-order valence-electron chi connectivity index (χ3n) is 4.16. The minimum Gasteiger partial charge on any atom is -0.378 e. The van der Waals surface area contributed by atoms with Gasteiger partial charge in [-0.1, -0.05) is 22.9 Å². The average molecular weight is 404 g/mol. The molecule has 2 N–H and O–H groups in total. The molecule has 132 valence electrons. The second-order valence-electron chi connectivity index (χ2n) is 5.94. The van der Waals surface area contributed by atoms with Crippen LogP contribution in [0.2, 0.25) is 0 Å². The molecule has 1 aliphatic heterocycles. The quantitative estimate of drug-likeness (QED) is 0.744. The first-order valence-corrected chi connectivity index (χ1v) is 9.18. The molecular formula is C18H22BrN5O. The highest BCUT2D eigenvalue weighted by molar-refractivity contribution is 9.10. The molecule has 3 rings (SSSR count). The molecule has 0 bridgehead atoms. The van der Waals surface area contributed by atoms with Crippen molar-refractivity contribution in [2.24, 2.45) is 0 Å². The number of hydrogen-bond acceptors (Lipinski definition) is 6. The van der Waals surface area contributed by atoms with E-state index in [0.717, 1.165) is 71.5 Å². The lowest BCUT2D eigenvalue weighted by molar-refractivity contribution is 0.122. The Kier molecular flexibility index (Phi) is 5.65. The lowest BCUT2D eigenvalue weighted by Crippen LogP contribution is -2.37. The minimum atomic E-state index is 0.719. The summed E-state index contributed by atoms with van der Waals surface area (Å²) >= 11 is 3.56. The van der Waals surface area contributed by atoms with Crippen LogP contribution in [0, 0.1) is 12.3 Å². The number of aromatic nitrogens is 2. The van der Waals surface area contributed by atoms with Crippen LogP contribution in [0.15, 0.2) is 22.7 Å². The van der Waals surface area contributed by atoms with Gasteiger partial charge in [0.2, 0.25) is 0 Å². The van der Waals surface area contributed by atoms with Crippen molar-refractivity contribution in [1.29, 1.82) is 5.41 Å². The Morgan fingerprint density at radius 2 is 2.04 bits per heavy atom. The van der Waals surface area contributed by atoms with Crippen LogP contribution >= 0.6 is 15.9 Å². The van der Waals surface area contributed by atoms with Gasteiger partial charge in [-0.3, -0.25) is 0 Å². The van der Waals surface area contributed by atoms with Crippen molar-refractivity contribution in [2.45, 2.75) is 20.3 Å². The van der Waals surface area contributed by atoms with Crippen molar-refractivity contribution >= 4 is 39.5 Å². The molecule has 6 nitrogen and oxygen atoms in total. The highest BCUT2D eigenvalue weighted by Gasteiger charge is 2.15. The monoisotopic (exact) mass is 403 g/mol. The molecule has 1 fully saturated rings. The zero-order valence-electron chi connectivity index (χ0n) is 14.5. The molecule has 0 atom stereocenters. The van der Waals surface area contributed by atoms with Gasteiger partial charge in [0.15, 0.2) is 0 Å². The molecule has 0 spiro atoms. The van der Waals surface area contributed by atoms with Crippen LogP contribution in [0.1, 0.15) is 23.9 Å². The van der Waals surface area contributed by atoms with Gasteiger partial charge in [-0.25, -0.2) is 9.97 Å². The number of benzene rings is 1. The number of aryl methyl sites for hydroxylation is 2. The Hall–Kier alpha value is -1.99. The molecule has 0 amide bonds. The summed E-state index contributed by atoms with van der Waals surface area (Å²) < 4.78 is 6.43. The van der Waals surface area contributed by atoms with Crippen molar-refractivity contribution in [1.82, 2.24) is 9.97 Å². The second-order valence-corrected chi connectivity index (χ2v) is 6.79. The van der Waals surface area contributed by atoms with E-state index in [0.29, 0.717) is 0 Å². The molecule has 0 saturated carbocycles. The molecule has 7 heteroatoms. The van der Waals surface area contributed by atoms with E-state index in [4.69, 9.17) is 10.1 Å². The first-order valence-electron chi connectivity index (χ1n) is 8.39. The SMILES string of the molecule is CCc1nc(Nc2cc(Br)c(C)cc2C=N)cc(N2CCOCC2)n1. The fourth-order valence-electron chi connectivity index (χ4n) is 2.73. The van der Waals surface area contributed by atoms with Crippen LogP contribution in [0.25, 0.3) is 0 Å². The van der Waals surface area contributed by atoms with Gasteiger partial charge in [-0.2, -0.15) is 0 Å². The normalized spacial score (nSPS) is 14.4. The summed E-state index contributed by atoms with van der Waals surface area (Å²) in [4.78, 5) is 11.5. The van der Waals surface area contributed by atoms with Crippen molar-refractivity contribution in [3.63, 3.8) is 0 Å². The van der Waals surface area contributed by atoms with Gasteiger partial charge in [-0.15, -0.1) is 0 Å². The van der Waals surface area contributed by atoms with Gasteiger partial charge in [0, 0.05) is 47.5 Å². The number of ether oxygens (including phenoxy) is 1. The van der Waals surface area contributed by atoms with Gasteiger partial charge in [-0.05, 0) is 24.6 Å². The summed E-state index contributed by atoms with van der Waals surface area (Å²) in [5.74, 6) is 2.46. The van der Waals surface area contributed by atoms with Gasteiger partial charge >= 0.3 is 0 Å². The summed E-state index contributed by atoms with van der Waals surface area (Å²) in [5.41, 5.74) is 2.77. The van der Waals surface area contributed by atoms with Crippen LogP contribution in [-0.2, 0) is 11.2 Å². The molecule has 2 aromatic rings. The third-order valence-corrected chi connectivity index (χ3v) is 5.01. The van der Waals surface area contributed by atoms with E-state index in [9.17, 15) is 0 Å². The number of hydrogen-bond donors (Lipinski definition) is 2. The standard InChI is InChI=1S/C18H22BrN5O/c1-3-16-22-17(10-18(23-16)24-4-6-25-7-5-24)21-15-9-14(19)12(2)8-13(15)11-20/h8-11,20H,3-7H2,1-2H3,(H,21,22,23). The number of nitrogens with one attached hydrogen (secondary N) is 2. The molecule has 1 aliphatic rings. The molecule has 0 unspecified atom stereocenters. The molecule has 0 aliphatic carbocycles. The fraction of sp³-hybridized carbons (Fsp3) is 0.389. The highest BCUT2D eigenvalue weighted by atomic mass is 79.9. The molecule has 0 radical (unpaired) electrons. The zero-order chi connectivity index (χ0) is 17.8. The number of halogens is 1. The topological polar surface area (TPSA) is 74.1 Å². The lowest BCUT2D eigenvalue weighted by atomic mass is 10.1. The maximum Gasteiger partial charge on any atom is 0.136 e. The van der Waals surface area contributed by atoms with E-state index in [-0.39, 0.29) is 0 Å². The van der Waals surface area contributed by atoms with Gasteiger partial charge < -0.3 is 20.4 Å². The predicted molar refractivity (Wildman–Crippen MR) is 104 cm³/mol. The van der Waals surface area contributed by atoms with Gasteiger partial charge in [0.25, 0.3) is 0 Å². The van der Waals surface area contributed by atoms with Crippen LogP contribution in [0.4, 0.5) is 17.3 Å². The largest absolute Gasteiger partial charge is 0.378 e. The molecular weight excluding hydrogens is 382 g/mol. The predicted octanol–water partition coefficient (Wildman–Crippen LogP) is 3.69. The first-order chi connectivity index (χ1) is 12.1. The van der Waals surface area contributed by atoms with Gasteiger partial charge in [0.1, 0.15) is 17.5 Å². The summed E-state index contributed by atoms with van der Waals surface area (Å²) in [5, 5.41) is 11.0. The van der Waals surface area contributed by atoms with Crippen LogP contribution in [-0.4, -0.2) is 42.5 Å². The molecule has 25 heavy (non-hydrogen) atoms. The first kappa shape index (κ1) is 17.8. The van der Waals surface area contributed by atoms with Crippen molar-refractivity contribution in [2.75, 3.05) is 36.5 Å². The Balaban J connectivity index is 1.94. The van der Waals surface area contributed by atoms with E-state index < -0.39 is 0 Å². The summed E-state index contributed by atoms with van der Waals surface area (Å²) in [6.45, 7) is 7.17. The number of morpholine rings is 1. The third kappa shape index (κ3) is 4.16. The number of rotatable bonds is 5. The van der Waals surface area contributed by atoms with E-state index in [1.165, 1.54) is 6.21 Å². The van der Waals surface area contributed by atoms with Gasteiger partial charge in [0.05, 0.1) is 13.2 Å². The van der Waals surface area contributed by atoms with Crippen LogP contribution < -0.4 is 10.2 Å². The number of anilines is 3. The van der Waals surface area contributed by atoms with Crippen molar-refractivity contribution < 1.29 is 4.74 Å². The van der Waals surface area contributed by atoms with Crippen LogP contribution in [0.5, 0.6) is 0 Å². The molecule has 1 aromatic carbocycles. The Labute approximate surface area is 156 Å². The Morgan fingerprint density at radius 1 is 1.28 bits per heavy atom. The lowest BCUT2D eigenvalue weighted by Gasteiger charge is -2.28. The number of nitrogens with zero attached hydrogens (tertiary/aromatic N) is 3. The van der Waals surface area contributed by atoms with E-state index in [1.807, 2.05) is 32.0 Å². The summed E-state index contributed by atoms with van der Waals surface area (Å²) in [6, 6.07) is 5.92.